The summed E-state index contributed by atoms with van der Waals surface area (Å²) in [6.07, 6.45) is 0.487. The van der Waals surface area contributed by atoms with Crippen molar-refractivity contribution in [3.63, 3.8) is 0 Å². The Morgan fingerprint density at radius 1 is 0.889 bits per heavy atom. The average Bonchev–Trinajstić information content (AvgIpc) is 2.38. The fraction of sp³-hybridized carbons (Fsp3) is 0.250. The SMILES string of the molecule is CC(O)(Cc1ccccc1)OCc1ccccc1. The highest BCUT2D eigenvalue weighted by molar-refractivity contribution is 5.16. The minimum atomic E-state index is -1.14. The molecule has 0 radical (unpaired) electrons. The summed E-state index contributed by atoms with van der Waals surface area (Å²) < 4.78 is 5.58. The highest BCUT2D eigenvalue weighted by Crippen LogP contribution is 2.16. The summed E-state index contributed by atoms with van der Waals surface area (Å²) in [5, 5.41) is 10.2. The molecule has 0 bridgehead atoms. The molecule has 1 N–H and O–H groups in total. The van der Waals surface area contributed by atoms with E-state index in [9.17, 15) is 5.11 Å². The van der Waals surface area contributed by atoms with Crippen LogP contribution >= 0.6 is 0 Å². The smallest absolute Gasteiger partial charge is 0.167 e. The van der Waals surface area contributed by atoms with Gasteiger partial charge in [0.25, 0.3) is 0 Å². The first-order valence-corrected chi connectivity index (χ1v) is 6.10. The van der Waals surface area contributed by atoms with E-state index in [1.165, 1.54) is 0 Å². The van der Waals surface area contributed by atoms with Gasteiger partial charge in [0.05, 0.1) is 6.61 Å². The summed E-state index contributed by atoms with van der Waals surface area (Å²) in [5.74, 6) is -1.14. The predicted octanol–water partition coefficient (Wildman–Crippen LogP) is 3.15. The highest BCUT2D eigenvalue weighted by Gasteiger charge is 2.21. The zero-order valence-electron chi connectivity index (χ0n) is 10.5. The molecule has 18 heavy (non-hydrogen) atoms. The van der Waals surface area contributed by atoms with Crippen molar-refractivity contribution in [2.24, 2.45) is 0 Å². The van der Waals surface area contributed by atoms with Crippen LogP contribution in [0, 0.1) is 0 Å². The first-order chi connectivity index (χ1) is 8.66. The Kier molecular flexibility index (Phi) is 4.13. The van der Waals surface area contributed by atoms with Crippen LogP contribution in [0.25, 0.3) is 0 Å². The topological polar surface area (TPSA) is 29.5 Å². The Balaban J connectivity index is 1.91. The summed E-state index contributed by atoms with van der Waals surface area (Å²) in [4.78, 5) is 0. The van der Waals surface area contributed by atoms with Crippen LogP contribution in [0.3, 0.4) is 0 Å². The van der Waals surface area contributed by atoms with E-state index in [2.05, 4.69) is 0 Å². The number of aliphatic hydroxyl groups is 1. The third-order valence-electron chi connectivity index (χ3n) is 2.77. The van der Waals surface area contributed by atoms with E-state index < -0.39 is 5.79 Å². The van der Waals surface area contributed by atoms with Crippen molar-refractivity contribution in [2.45, 2.75) is 25.7 Å². The molecule has 0 saturated carbocycles. The lowest BCUT2D eigenvalue weighted by atomic mass is 10.1. The standard InChI is InChI=1S/C16H18O2/c1-16(17,12-14-8-4-2-5-9-14)18-13-15-10-6-3-7-11-15/h2-11,17H,12-13H2,1H3. The van der Waals surface area contributed by atoms with Gasteiger partial charge in [0, 0.05) is 6.42 Å². The van der Waals surface area contributed by atoms with Gasteiger partial charge in [0.2, 0.25) is 0 Å². The van der Waals surface area contributed by atoms with E-state index in [0.29, 0.717) is 13.0 Å². The van der Waals surface area contributed by atoms with Gasteiger partial charge in [0.15, 0.2) is 5.79 Å². The Hall–Kier alpha value is -1.64. The van der Waals surface area contributed by atoms with Crippen LogP contribution in [0.1, 0.15) is 18.1 Å². The van der Waals surface area contributed by atoms with Crippen molar-refractivity contribution in [1.82, 2.24) is 0 Å². The molecule has 0 aliphatic heterocycles. The highest BCUT2D eigenvalue weighted by atomic mass is 16.6. The summed E-state index contributed by atoms with van der Waals surface area (Å²) in [6, 6.07) is 19.7. The molecule has 0 saturated heterocycles. The maximum Gasteiger partial charge on any atom is 0.167 e. The maximum atomic E-state index is 10.2. The van der Waals surface area contributed by atoms with Crippen LogP contribution in [-0.4, -0.2) is 10.9 Å². The Morgan fingerprint density at radius 3 is 1.94 bits per heavy atom. The average molecular weight is 242 g/mol. The molecule has 2 nitrogen and oxygen atoms in total. The van der Waals surface area contributed by atoms with Crippen LogP contribution in [-0.2, 0) is 17.8 Å². The van der Waals surface area contributed by atoms with E-state index in [0.717, 1.165) is 11.1 Å². The summed E-state index contributed by atoms with van der Waals surface area (Å²) in [5.41, 5.74) is 2.13. The van der Waals surface area contributed by atoms with Gasteiger partial charge in [-0.2, -0.15) is 0 Å². The quantitative estimate of drug-likeness (QED) is 0.816. The fourth-order valence-corrected chi connectivity index (χ4v) is 1.84. The zero-order chi connectivity index (χ0) is 12.8. The molecule has 0 amide bonds. The van der Waals surface area contributed by atoms with Gasteiger partial charge in [-0.05, 0) is 18.1 Å². The van der Waals surface area contributed by atoms with Gasteiger partial charge in [0.1, 0.15) is 0 Å². The van der Waals surface area contributed by atoms with Crippen LogP contribution < -0.4 is 0 Å². The van der Waals surface area contributed by atoms with E-state index in [-0.39, 0.29) is 0 Å². The minimum absolute atomic E-state index is 0.417. The Labute approximate surface area is 108 Å². The third kappa shape index (κ3) is 3.99. The van der Waals surface area contributed by atoms with Gasteiger partial charge in [-0.1, -0.05) is 60.7 Å². The van der Waals surface area contributed by atoms with Crippen LogP contribution in [0.4, 0.5) is 0 Å². The van der Waals surface area contributed by atoms with Gasteiger partial charge in [-0.15, -0.1) is 0 Å². The zero-order valence-corrected chi connectivity index (χ0v) is 10.5. The molecule has 2 rings (SSSR count). The summed E-state index contributed by atoms with van der Waals surface area (Å²) >= 11 is 0. The van der Waals surface area contributed by atoms with E-state index in [1.807, 2.05) is 60.7 Å². The molecular weight excluding hydrogens is 224 g/mol. The molecule has 1 unspecified atom stereocenters. The number of rotatable bonds is 5. The largest absolute Gasteiger partial charge is 0.365 e. The van der Waals surface area contributed by atoms with Crippen LogP contribution in [0.5, 0.6) is 0 Å². The number of benzene rings is 2. The lowest BCUT2D eigenvalue weighted by molar-refractivity contribution is -0.196. The van der Waals surface area contributed by atoms with Gasteiger partial charge in [-0.3, -0.25) is 0 Å². The fourth-order valence-electron chi connectivity index (χ4n) is 1.84. The van der Waals surface area contributed by atoms with E-state index >= 15 is 0 Å². The molecule has 0 aliphatic rings. The summed E-state index contributed by atoms with van der Waals surface area (Å²) in [7, 11) is 0. The van der Waals surface area contributed by atoms with Crippen LogP contribution in [0.2, 0.25) is 0 Å². The Bertz CT molecular complexity index is 463. The molecule has 0 heterocycles. The second-order valence-corrected chi connectivity index (χ2v) is 4.61. The predicted molar refractivity (Wildman–Crippen MR) is 72.0 cm³/mol. The van der Waals surface area contributed by atoms with Crippen molar-refractivity contribution in [1.29, 1.82) is 0 Å². The Morgan fingerprint density at radius 2 is 1.39 bits per heavy atom. The van der Waals surface area contributed by atoms with Crippen molar-refractivity contribution < 1.29 is 9.84 Å². The molecule has 0 fully saturated rings. The lowest BCUT2D eigenvalue weighted by Gasteiger charge is -2.24. The monoisotopic (exact) mass is 242 g/mol. The second kappa shape index (κ2) is 5.80. The van der Waals surface area contributed by atoms with Gasteiger partial charge < -0.3 is 9.84 Å². The first-order valence-electron chi connectivity index (χ1n) is 6.10. The molecule has 0 aromatic heterocycles. The second-order valence-electron chi connectivity index (χ2n) is 4.61. The van der Waals surface area contributed by atoms with Crippen molar-refractivity contribution in [3.05, 3.63) is 71.8 Å². The van der Waals surface area contributed by atoms with Crippen molar-refractivity contribution in [3.8, 4) is 0 Å². The number of hydrogen-bond acceptors (Lipinski definition) is 2. The van der Waals surface area contributed by atoms with E-state index in [1.54, 1.807) is 6.92 Å². The molecule has 1 atom stereocenters. The van der Waals surface area contributed by atoms with Gasteiger partial charge in [-0.25, -0.2) is 0 Å². The molecule has 2 aromatic rings. The van der Waals surface area contributed by atoms with Crippen LogP contribution in [0.15, 0.2) is 60.7 Å². The molecule has 2 aromatic carbocycles. The van der Waals surface area contributed by atoms with Gasteiger partial charge >= 0.3 is 0 Å². The van der Waals surface area contributed by atoms with Crippen molar-refractivity contribution >= 4 is 0 Å². The number of ether oxygens (including phenoxy) is 1. The molecule has 0 aliphatic carbocycles. The first kappa shape index (κ1) is 12.8. The van der Waals surface area contributed by atoms with Crippen molar-refractivity contribution in [2.75, 3.05) is 0 Å². The maximum absolute atomic E-state index is 10.2. The normalized spacial score (nSPS) is 14.1. The molecular formula is C16H18O2. The van der Waals surface area contributed by atoms with E-state index in [4.69, 9.17) is 4.74 Å². The third-order valence-corrected chi connectivity index (χ3v) is 2.77. The molecule has 0 spiro atoms. The molecule has 94 valence electrons. The molecule has 2 heteroatoms. The lowest BCUT2D eigenvalue weighted by Crippen LogP contribution is -2.30. The number of hydrogen-bond donors (Lipinski definition) is 1. The minimum Gasteiger partial charge on any atom is -0.365 e. The summed E-state index contributed by atoms with van der Waals surface area (Å²) in [6.45, 7) is 2.11.